The van der Waals surface area contributed by atoms with Crippen molar-refractivity contribution in [3.8, 4) is 0 Å². The molecule has 2 heterocycles. The van der Waals surface area contributed by atoms with E-state index in [1.165, 1.54) is 51.5 Å². The molecule has 0 radical (unpaired) electrons. The van der Waals surface area contributed by atoms with E-state index < -0.39 is 0 Å². The molecular weight excluding hydrogens is 250 g/mol. The summed E-state index contributed by atoms with van der Waals surface area (Å²) in [6.45, 7) is 4.68. The summed E-state index contributed by atoms with van der Waals surface area (Å²) >= 11 is 0. The fourth-order valence-electron chi connectivity index (χ4n) is 3.55. The maximum absolute atomic E-state index is 5.45. The number of aromatic nitrogens is 2. The van der Waals surface area contributed by atoms with Crippen molar-refractivity contribution in [2.45, 2.75) is 64.2 Å². The number of hydrogen-bond acceptors (Lipinski definition) is 4. The van der Waals surface area contributed by atoms with Gasteiger partial charge >= 0.3 is 0 Å². The summed E-state index contributed by atoms with van der Waals surface area (Å²) in [5.74, 6) is 4.02. The molecule has 1 saturated heterocycles. The van der Waals surface area contributed by atoms with Gasteiger partial charge in [0.2, 0.25) is 5.89 Å². The predicted octanol–water partition coefficient (Wildman–Crippen LogP) is 3.30. The molecule has 4 heteroatoms. The first kappa shape index (κ1) is 14.1. The highest BCUT2D eigenvalue weighted by atomic mass is 16.5. The molecule has 20 heavy (non-hydrogen) atoms. The Balaban J connectivity index is 1.49. The second-order valence-corrected chi connectivity index (χ2v) is 6.75. The zero-order valence-electron chi connectivity index (χ0n) is 12.6. The summed E-state index contributed by atoms with van der Waals surface area (Å²) in [4.78, 5) is 4.65. The third-order valence-corrected chi connectivity index (χ3v) is 5.03. The average molecular weight is 277 g/mol. The number of hydrogen-bond donors (Lipinski definition) is 1. The lowest BCUT2D eigenvalue weighted by Gasteiger charge is -2.23. The molecule has 0 spiro atoms. The van der Waals surface area contributed by atoms with Gasteiger partial charge in [0.15, 0.2) is 5.82 Å². The van der Waals surface area contributed by atoms with Gasteiger partial charge in [0.25, 0.3) is 0 Å². The summed E-state index contributed by atoms with van der Waals surface area (Å²) in [5.41, 5.74) is 0. The van der Waals surface area contributed by atoms with Gasteiger partial charge in [0.1, 0.15) is 0 Å². The minimum absolute atomic E-state index is 0.542. The first-order valence-corrected chi connectivity index (χ1v) is 8.34. The summed E-state index contributed by atoms with van der Waals surface area (Å²) in [6.07, 6.45) is 9.84. The molecule has 112 valence electrons. The highest BCUT2D eigenvalue weighted by molar-refractivity contribution is 4.97. The van der Waals surface area contributed by atoms with Crippen molar-refractivity contribution in [2.75, 3.05) is 13.1 Å². The van der Waals surface area contributed by atoms with Crippen LogP contribution in [0.5, 0.6) is 0 Å². The molecule has 0 amide bonds. The van der Waals surface area contributed by atoms with E-state index in [-0.39, 0.29) is 0 Å². The third-order valence-electron chi connectivity index (χ3n) is 5.03. The quantitative estimate of drug-likeness (QED) is 0.917. The van der Waals surface area contributed by atoms with Crippen molar-refractivity contribution in [1.29, 1.82) is 0 Å². The summed E-state index contributed by atoms with van der Waals surface area (Å²) < 4.78 is 5.45. The van der Waals surface area contributed by atoms with Crippen LogP contribution in [-0.2, 0) is 6.42 Å². The molecule has 1 saturated carbocycles. The zero-order valence-corrected chi connectivity index (χ0v) is 12.6. The highest BCUT2D eigenvalue weighted by Crippen LogP contribution is 2.34. The smallest absolute Gasteiger partial charge is 0.226 e. The van der Waals surface area contributed by atoms with Gasteiger partial charge in [-0.3, -0.25) is 0 Å². The Morgan fingerprint density at radius 1 is 1.20 bits per heavy atom. The van der Waals surface area contributed by atoms with Gasteiger partial charge in [-0.05, 0) is 57.0 Å². The van der Waals surface area contributed by atoms with E-state index >= 15 is 0 Å². The van der Waals surface area contributed by atoms with Crippen LogP contribution in [0.15, 0.2) is 4.52 Å². The van der Waals surface area contributed by atoms with Gasteiger partial charge in [-0.25, -0.2) is 0 Å². The second kappa shape index (κ2) is 6.70. The van der Waals surface area contributed by atoms with Crippen molar-refractivity contribution in [3.05, 3.63) is 11.7 Å². The fraction of sp³-hybridized carbons (Fsp3) is 0.875. The Hall–Kier alpha value is -0.900. The van der Waals surface area contributed by atoms with E-state index in [2.05, 4.69) is 22.4 Å². The van der Waals surface area contributed by atoms with E-state index in [0.29, 0.717) is 5.92 Å². The van der Waals surface area contributed by atoms with Crippen molar-refractivity contribution in [2.24, 2.45) is 11.8 Å². The molecule has 0 aromatic carbocycles. The molecule has 2 fully saturated rings. The topological polar surface area (TPSA) is 51.0 Å². The number of nitrogens with one attached hydrogen (secondary N) is 1. The van der Waals surface area contributed by atoms with Crippen molar-refractivity contribution < 1.29 is 4.52 Å². The Labute approximate surface area is 121 Å². The van der Waals surface area contributed by atoms with Gasteiger partial charge in [0, 0.05) is 12.3 Å². The molecule has 1 N–H and O–H groups in total. The molecular formula is C16H27N3O. The van der Waals surface area contributed by atoms with Crippen molar-refractivity contribution in [3.63, 3.8) is 0 Å². The van der Waals surface area contributed by atoms with E-state index in [9.17, 15) is 0 Å². The predicted molar refractivity (Wildman–Crippen MR) is 78.6 cm³/mol. The van der Waals surface area contributed by atoms with Crippen LogP contribution in [0.25, 0.3) is 0 Å². The van der Waals surface area contributed by atoms with E-state index in [1.54, 1.807) is 0 Å². The van der Waals surface area contributed by atoms with Crippen LogP contribution < -0.4 is 5.32 Å². The third kappa shape index (κ3) is 3.60. The first-order chi connectivity index (χ1) is 9.81. The van der Waals surface area contributed by atoms with Gasteiger partial charge in [-0.1, -0.05) is 24.9 Å². The van der Waals surface area contributed by atoms with Gasteiger partial charge in [-0.2, -0.15) is 4.98 Å². The van der Waals surface area contributed by atoms with Crippen LogP contribution in [0, 0.1) is 11.8 Å². The van der Waals surface area contributed by atoms with Crippen LogP contribution in [0.2, 0.25) is 0 Å². The second-order valence-electron chi connectivity index (χ2n) is 6.75. The lowest BCUT2D eigenvalue weighted by Crippen LogP contribution is -2.29. The van der Waals surface area contributed by atoms with Crippen LogP contribution in [0.1, 0.15) is 69.5 Å². The highest BCUT2D eigenvalue weighted by Gasteiger charge is 2.24. The number of rotatable bonds is 4. The Morgan fingerprint density at radius 3 is 2.80 bits per heavy atom. The summed E-state index contributed by atoms with van der Waals surface area (Å²) in [5, 5.41) is 7.69. The lowest BCUT2D eigenvalue weighted by molar-refractivity contribution is 0.314. The average Bonchev–Trinajstić information content (AvgIpc) is 2.96. The summed E-state index contributed by atoms with van der Waals surface area (Å²) in [6, 6.07) is 0. The number of piperidine rings is 1. The molecule has 0 bridgehead atoms. The largest absolute Gasteiger partial charge is 0.339 e. The van der Waals surface area contributed by atoms with Crippen LogP contribution in [0.4, 0.5) is 0 Å². The van der Waals surface area contributed by atoms with E-state index in [0.717, 1.165) is 36.5 Å². The minimum atomic E-state index is 0.542. The maximum atomic E-state index is 5.45. The van der Waals surface area contributed by atoms with Crippen LogP contribution in [-0.4, -0.2) is 23.2 Å². The molecule has 1 atom stereocenters. The maximum Gasteiger partial charge on any atom is 0.226 e. The van der Waals surface area contributed by atoms with Gasteiger partial charge in [0.05, 0.1) is 0 Å². The van der Waals surface area contributed by atoms with Crippen LogP contribution in [0.3, 0.4) is 0 Å². The summed E-state index contributed by atoms with van der Waals surface area (Å²) in [7, 11) is 0. The Morgan fingerprint density at radius 2 is 2.05 bits per heavy atom. The monoisotopic (exact) mass is 277 g/mol. The fourth-order valence-corrected chi connectivity index (χ4v) is 3.55. The van der Waals surface area contributed by atoms with Crippen LogP contribution >= 0.6 is 0 Å². The Kier molecular flexibility index (Phi) is 4.71. The lowest BCUT2D eigenvalue weighted by atomic mass is 9.83. The molecule has 2 aliphatic rings. The Bertz CT molecular complexity index is 404. The van der Waals surface area contributed by atoms with Gasteiger partial charge in [-0.15, -0.1) is 0 Å². The zero-order chi connectivity index (χ0) is 13.8. The molecule has 4 nitrogen and oxygen atoms in total. The molecule has 1 aliphatic carbocycles. The molecule has 1 aromatic rings. The van der Waals surface area contributed by atoms with Crippen molar-refractivity contribution in [1.82, 2.24) is 15.5 Å². The van der Waals surface area contributed by atoms with E-state index in [4.69, 9.17) is 4.52 Å². The molecule has 1 aromatic heterocycles. The normalized spacial score (nSPS) is 31.4. The van der Waals surface area contributed by atoms with Crippen molar-refractivity contribution >= 4 is 0 Å². The first-order valence-electron chi connectivity index (χ1n) is 8.34. The van der Waals surface area contributed by atoms with Gasteiger partial charge < -0.3 is 9.84 Å². The molecule has 1 unspecified atom stereocenters. The molecule has 3 rings (SSSR count). The van der Waals surface area contributed by atoms with E-state index in [1.807, 2.05) is 0 Å². The number of aryl methyl sites for hydroxylation is 1. The standard InChI is InChI=1S/C16H27N3O/c1-12-4-7-14(8-5-12)16-18-15(20-19-16)9-6-13-3-2-10-17-11-13/h12-14,17H,2-11H2,1H3. The number of nitrogens with zero attached hydrogens (tertiary/aromatic N) is 2. The molecule has 1 aliphatic heterocycles. The minimum Gasteiger partial charge on any atom is -0.339 e. The SMILES string of the molecule is CC1CCC(c2noc(CCC3CCCNC3)n2)CC1.